The number of halogens is 2. The number of carbonyl (C=O) groups excluding carboxylic acids is 1. The SMILES string of the molecule is O=Cc1cc2cc(F)c(Br)cc2n1Sc1ccccc1. The van der Waals surface area contributed by atoms with Crippen molar-refractivity contribution in [2.75, 3.05) is 0 Å². The lowest BCUT2D eigenvalue weighted by Crippen LogP contribution is -1.93. The Kier molecular flexibility index (Phi) is 3.63. The number of hydrogen-bond acceptors (Lipinski definition) is 2. The molecule has 0 saturated heterocycles. The van der Waals surface area contributed by atoms with Gasteiger partial charge in [-0.1, -0.05) is 18.2 Å². The van der Waals surface area contributed by atoms with Crippen molar-refractivity contribution in [3.05, 3.63) is 64.5 Å². The highest BCUT2D eigenvalue weighted by molar-refractivity contribution is 9.10. The maximum Gasteiger partial charge on any atom is 0.167 e. The maximum absolute atomic E-state index is 13.6. The Hall–Kier alpha value is -1.59. The lowest BCUT2D eigenvalue weighted by molar-refractivity contribution is 0.111. The Balaban J connectivity index is 2.17. The van der Waals surface area contributed by atoms with Crippen LogP contribution < -0.4 is 0 Å². The van der Waals surface area contributed by atoms with Crippen molar-refractivity contribution in [2.45, 2.75) is 4.90 Å². The number of carbonyl (C=O) groups is 1. The molecule has 20 heavy (non-hydrogen) atoms. The first kappa shape index (κ1) is 13.4. The second kappa shape index (κ2) is 5.42. The Bertz CT molecular complexity index is 785. The molecule has 3 aromatic rings. The molecule has 0 atom stereocenters. The Morgan fingerprint density at radius 3 is 2.60 bits per heavy atom. The smallest absolute Gasteiger partial charge is 0.167 e. The molecule has 0 N–H and O–H groups in total. The van der Waals surface area contributed by atoms with Gasteiger partial charge in [-0.15, -0.1) is 0 Å². The van der Waals surface area contributed by atoms with Gasteiger partial charge in [0.2, 0.25) is 0 Å². The summed E-state index contributed by atoms with van der Waals surface area (Å²) in [5, 5.41) is 0.705. The summed E-state index contributed by atoms with van der Waals surface area (Å²) < 4.78 is 15.8. The van der Waals surface area contributed by atoms with Gasteiger partial charge in [0.1, 0.15) is 5.82 Å². The van der Waals surface area contributed by atoms with Crippen LogP contribution in [0.4, 0.5) is 4.39 Å². The quantitative estimate of drug-likeness (QED) is 0.626. The Morgan fingerprint density at radius 2 is 1.90 bits per heavy atom. The molecule has 0 spiro atoms. The number of benzene rings is 2. The number of hydrogen-bond donors (Lipinski definition) is 0. The van der Waals surface area contributed by atoms with E-state index in [1.165, 1.54) is 18.0 Å². The van der Waals surface area contributed by atoms with E-state index in [1.807, 2.05) is 34.3 Å². The molecular weight excluding hydrogens is 341 g/mol. The summed E-state index contributed by atoms with van der Waals surface area (Å²) in [6, 6.07) is 14.5. The average molecular weight is 350 g/mol. The first-order valence-corrected chi connectivity index (χ1v) is 7.45. The molecule has 0 aliphatic heterocycles. The van der Waals surface area contributed by atoms with Crippen molar-refractivity contribution in [3.63, 3.8) is 0 Å². The average Bonchev–Trinajstić information content (AvgIpc) is 2.78. The lowest BCUT2D eigenvalue weighted by atomic mass is 10.2. The van der Waals surface area contributed by atoms with Gasteiger partial charge in [-0.2, -0.15) is 0 Å². The summed E-state index contributed by atoms with van der Waals surface area (Å²) in [7, 11) is 0. The third-order valence-electron chi connectivity index (χ3n) is 2.89. The van der Waals surface area contributed by atoms with E-state index < -0.39 is 0 Å². The molecule has 2 aromatic carbocycles. The zero-order valence-electron chi connectivity index (χ0n) is 10.2. The minimum absolute atomic E-state index is 0.336. The zero-order valence-corrected chi connectivity index (χ0v) is 12.6. The van der Waals surface area contributed by atoms with E-state index in [0.29, 0.717) is 15.6 Å². The van der Waals surface area contributed by atoms with Gasteiger partial charge in [0.25, 0.3) is 0 Å². The van der Waals surface area contributed by atoms with Gasteiger partial charge in [-0.3, -0.25) is 8.77 Å². The van der Waals surface area contributed by atoms with Crippen LogP contribution in [0.15, 0.2) is 57.9 Å². The predicted molar refractivity (Wildman–Crippen MR) is 82.7 cm³/mol. The minimum Gasteiger partial charge on any atom is -0.296 e. The van der Waals surface area contributed by atoms with Gasteiger partial charge in [0, 0.05) is 10.3 Å². The Labute approximate surface area is 127 Å². The monoisotopic (exact) mass is 349 g/mol. The van der Waals surface area contributed by atoms with E-state index in [9.17, 15) is 9.18 Å². The van der Waals surface area contributed by atoms with Crippen LogP contribution >= 0.6 is 27.9 Å². The van der Waals surface area contributed by atoms with Gasteiger partial charge < -0.3 is 0 Å². The van der Waals surface area contributed by atoms with Crippen molar-refractivity contribution < 1.29 is 9.18 Å². The molecule has 3 rings (SSSR count). The fourth-order valence-electron chi connectivity index (χ4n) is 1.97. The molecule has 0 aliphatic carbocycles. The maximum atomic E-state index is 13.6. The molecule has 0 unspecified atom stereocenters. The van der Waals surface area contributed by atoms with Crippen LogP contribution in [0.25, 0.3) is 10.9 Å². The van der Waals surface area contributed by atoms with Crippen molar-refractivity contribution >= 4 is 45.1 Å². The Morgan fingerprint density at radius 1 is 1.15 bits per heavy atom. The highest BCUT2D eigenvalue weighted by atomic mass is 79.9. The molecule has 0 radical (unpaired) electrons. The van der Waals surface area contributed by atoms with Crippen LogP contribution in [0.5, 0.6) is 0 Å². The first-order valence-electron chi connectivity index (χ1n) is 5.88. The fraction of sp³-hybridized carbons (Fsp3) is 0. The van der Waals surface area contributed by atoms with Crippen molar-refractivity contribution in [3.8, 4) is 0 Å². The molecule has 0 aliphatic rings. The zero-order chi connectivity index (χ0) is 14.1. The van der Waals surface area contributed by atoms with Crippen LogP contribution in [-0.2, 0) is 0 Å². The van der Waals surface area contributed by atoms with Gasteiger partial charge in [0.05, 0.1) is 15.7 Å². The van der Waals surface area contributed by atoms with Crippen LogP contribution in [0.1, 0.15) is 10.5 Å². The predicted octanol–water partition coefficient (Wildman–Crippen LogP) is 4.91. The molecule has 100 valence electrons. The molecule has 0 amide bonds. The molecule has 0 saturated carbocycles. The highest BCUT2D eigenvalue weighted by Crippen LogP contribution is 2.32. The number of rotatable bonds is 3. The third-order valence-corrected chi connectivity index (χ3v) is 4.57. The lowest BCUT2D eigenvalue weighted by Gasteiger charge is -2.06. The topological polar surface area (TPSA) is 22.0 Å². The van der Waals surface area contributed by atoms with Crippen molar-refractivity contribution in [2.24, 2.45) is 0 Å². The van der Waals surface area contributed by atoms with Crippen molar-refractivity contribution in [1.29, 1.82) is 0 Å². The van der Waals surface area contributed by atoms with Crippen LogP contribution in [0.3, 0.4) is 0 Å². The van der Waals surface area contributed by atoms with Gasteiger partial charge >= 0.3 is 0 Å². The number of fused-ring (bicyclic) bond motifs is 1. The van der Waals surface area contributed by atoms with Crippen LogP contribution in [0, 0.1) is 5.82 Å². The first-order chi connectivity index (χ1) is 9.69. The fourth-order valence-corrected chi connectivity index (χ4v) is 3.25. The third kappa shape index (κ3) is 2.39. The molecule has 1 heterocycles. The van der Waals surface area contributed by atoms with Crippen LogP contribution in [0.2, 0.25) is 0 Å². The number of nitrogens with zero attached hydrogens (tertiary/aromatic N) is 1. The molecule has 0 bridgehead atoms. The van der Waals surface area contributed by atoms with Gasteiger partial charge in [-0.05, 0) is 58.2 Å². The largest absolute Gasteiger partial charge is 0.296 e. The van der Waals surface area contributed by atoms with Crippen molar-refractivity contribution in [1.82, 2.24) is 3.97 Å². The molecule has 1 aromatic heterocycles. The minimum atomic E-state index is -0.336. The van der Waals surface area contributed by atoms with Gasteiger partial charge in [0.15, 0.2) is 6.29 Å². The second-order valence-electron chi connectivity index (χ2n) is 4.21. The summed E-state index contributed by atoms with van der Waals surface area (Å²) in [6.45, 7) is 0. The van der Waals surface area contributed by atoms with E-state index in [4.69, 9.17) is 0 Å². The molecule has 2 nitrogen and oxygen atoms in total. The van der Waals surface area contributed by atoms with E-state index >= 15 is 0 Å². The standard InChI is InChI=1S/C15H9BrFNOS/c16-13-8-15-10(7-14(13)17)6-11(9-19)18(15)20-12-4-2-1-3-5-12/h1-9H. The number of aromatic nitrogens is 1. The molecule has 5 heteroatoms. The van der Waals surface area contributed by atoms with E-state index in [-0.39, 0.29) is 5.82 Å². The molecular formula is C15H9BrFNOS. The summed E-state index contributed by atoms with van der Waals surface area (Å²) in [4.78, 5) is 12.2. The highest BCUT2D eigenvalue weighted by Gasteiger charge is 2.12. The molecule has 0 fully saturated rings. The normalized spacial score (nSPS) is 10.9. The summed E-state index contributed by atoms with van der Waals surface area (Å²) in [6.07, 6.45) is 0.780. The summed E-state index contributed by atoms with van der Waals surface area (Å²) in [5.41, 5.74) is 1.31. The van der Waals surface area contributed by atoms with E-state index in [1.54, 1.807) is 12.1 Å². The van der Waals surface area contributed by atoms with Crippen LogP contribution in [-0.4, -0.2) is 10.3 Å². The second-order valence-corrected chi connectivity index (χ2v) is 6.08. The number of aldehydes is 1. The summed E-state index contributed by atoms with van der Waals surface area (Å²) in [5.74, 6) is -0.336. The summed E-state index contributed by atoms with van der Waals surface area (Å²) >= 11 is 4.61. The van der Waals surface area contributed by atoms with E-state index in [0.717, 1.165) is 16.7 Å². The van der Waals surface area contributed by atoms with E-state index in [2.05, 4.69) is 15.9 Å². The van der Waals surface area contributed by atoms with Gasteiger partial charge in [-0.25, -0.2) is 4.39 Å².